The highest BCUT2D eigenvalue weighted by Crippen LogP contribution is 2.29. The average molecular weight is 485 g/mol. The number of urea groups is 1. The summed E-state index contributed by atoms with van der Waals surface area (Å²) < 4.78 is 5.29. The van der Waals surface area contributed by atoms with Gasteiger partial charge in [-0.25, -0.2) is 4.79 Å². The zero-order valence-corrected chi connectivity index (χ0v) is 20.9. The van der Waals surface area contributed by atoms with Gasteiger partial charge in [0.1, 0.15) is 5.75 Å². The number of para-hydroxylation sites is 1. The molecule has 1 aliphatic rings. The number of nitrogens with zero attached hydrogens (tertiary/aromatic N) is 3. The minimum absolute atomic E-state index is 0.159. The summed E-state index contributed by atoms with van der Waals surface area (Å²) in [7, 11) is 1.62. The standard InChI is InChI=1S/C28H32N6O2/c1-20-9-7-8-12-24(20)31-27(30-19-29)33-15-16-34(26(18-33)22-10-5-4-6-11-22)28(35)32-25-14-13-23(36-3)17-21(25)2/h4-14,17,26-27,30-31H,15-16,18H2,1-3H3,(H,32,35). The van der Waals surface area contributed by atoms with Gasteiger partial charge in [-0.1, -0.05) is 48.5 Å². The van der Waals surface area contributed by atoms with Crippen molar-refractivity contribution in [2.75, 3.05) is 37.4 Å². The van der Waals surface area contributed by atoms with E-state index in [1.807, 2.05) is 91.5 Å². The summed E-state index contributed by atoms with van der Waals surface area (Å²) in [6.07, 6.45) is 1.68. The second-order valence-electron chi connectivity index (χ2n) is 8.84. The highest BCUT2D eigenvalue weighted by Gasteiger charge is 2.34. The van der Waals surface area contributed by atoms with E-state index in [0.29, 0.717) is 19.6 Å². The number of rotatable bonds is 7. The van der Waals surface area contributed by atoms with E-state index in [1.54, 1.807) is 7.11 Å². The maximum absolute atomic E-state index is 13.5. The largest absolute Gasteiger partial charge is 0.497 e. The predicted octanol–water partition coefficient (Wildman–Crippen LogP) is 4.67. The average Bonchev–Trinajstić information content (AvgIpc) is 2.91. The number of amides is 2. The number of aryl methyl sites for hydroxylation is 2. The molecule has 1 saturated heterocycles. The summed E-state index contributed by atoms with van der Waals surface area (Å²) in [5.74, 6) is 0.749. The zero-order valence-electron chi connectivity index (χ0n) is 20.9. The molecule has 0 spiro atoms. The van der Waals surface area contributed by atoms with Gasteiger partial charge in [0.15, 0.2) is 12.5 Å². The van der Waals surface area contributed by atoms with Crippen LogP contribution in [-0.4, -0.2) is 48.9 Å². The molecule has 4 rings (SSSR count). The first kappa shape index (κ1) is 24.9. The van der Waals surface area contributed by atoms with Crippen LogP contribution in [0.1, 0.15) is 22.7 Å². The van der Waals surface area contributed by atoms with Gasteiger partial charge in [0.25, 0.3) is 0 Å². The van der Waals surface area contributed by atoms with Crippen molar-refractivity contribution in [3.63, 3.8) is 0 Å². The van der Waals surface area contributed by atoms with Crippen LogP contribution < -0.4 is 20.7 Å². The van der Waals surface area contributed by atoms with Gasteiger partial charge in [0, 0.05) is 31.0 Å². The van der Waals surface area contributed by atoms with Crippen LogP contribution in [0.4, 0.5) is 16.2 Å². The molecule has 36 heavy (non-hydrogen) atoms. The molecular formula is C28H32N6O2. The van der Waals surface area contributed by atoms with Crippen molar-refractivity contribution in [1.29, 1.82) is 5.26 Å². The molecule has 0 bridgehead atoms. The van der Waals surface area contributed by atoms with E-state index in [2.05, 4.69) is 27.0 Å². The second-order valence-corrected chi connectivity index (χ2v) is 8.84. The number of carbonyl (C=O) groups excluding carboxylic acids is 1. The molecule has 2 unspecified atom stereocenters. The van der Waals surface area contributed by atoms with Gasteiger partial charge in [-0.05, 0) is 54.8 Å². The molecule has 8 heteroatoms. The Labute approximate surface area is 212 Å². The third-order valence-corrected chi connectivity index (χ3v) is 6.54. The highest BCUT2D eigenvalue weighted by atomic mass is 16.5. The predicted molar refractivity (Wildman–Crippen MR) is 142 cm³/mol. The lowest BCUT2D eigenvalue weighted by molar-refractivity contribution is 0.0733. The molecule has 3 N–H and O–H groups in total. The molecule has 8 nitrogen and oxygen atoms in total. The van der Waals surface area contributed by atoms with E-state index in [9.17, 15) is 10.1 Å². The highest BCUT2D eigenvalue weighted by molar-refractivity contribution is 5.90. The number of ether oxygens (including phenoxy) is 1. The molecule has 1 aliphatic heterocycles. The van der Waals surface area contributed by atoms with Gasteiger partial charge < -0.3 is 20.3 Å². The first-order valence-electron chi connectivity index (χ1n) is 12.0. The molecule has 0 aliphatic carbocycles. The SMILES string of the molecule is COc1ccc(NC(=O)N2CCN(C(NC#N)Nc3ccccc3C)CC2c2ccccc2)c(C)c1. The number of hydrogen-bond acceptors (Lipinski definition) is 6. The van der Waals surface area contributed by atoms with Gasteiger partial charge in [-0.3, -0.25) is 10.2 Å². The Morgan fingerprint density at radius 2 is 1.75 bits per heavy atom. The van der Waals surface area contributed by atoms with Crippen LogP contribution in [0.5, 0.6) is 5.75 Å². The molecule has 3 aromatic rings. The summed E-state index contributed by atoms with van der Waals surface area (Å²) in [6.45, 7) is 5.62. The Hall–Kier alpha value is -4.22. The van der Waals surface area contributed by atoms with E-state index in [4.69, 9.17) is 4.74 Å². The number of anilines is 2. The van der Waals surface area contributed by atoms with Crippen molar-refractivity contribution in [2.24, 2.45) is 0 Å². The summed E-state index contributed by atoms with van der Waals surface area (Å²) in [6, 6.07) is 23.2. The first-order chi connectivity index (χ1) is 17.5. The van der Waals surface area contributed by atoms with Gasteiger partial charge in [0.2, 0.25) is 0 Å². The zero-order chi connectivity index (χ0) is 25.5. The number of nitriles is 1. The number of methoxy groups -OCH3 is 1. The van der Waals surface area contributed by atoms with Crippen molar-refractivity contribution in [1.82, 2.24) is 15.1 Å². The molecule has 0 radical (unpaired) electrons. The van der Waals surface area contributed by atoms with Crippen LogP contribution in [0.15, 0.2) is 72.8 Å². The molecule has 1 fully saturated rings. The van der Waals surface area contributed by atoms with Gasteiger partial charge >= 0.3 is 6.03 Å². The van der Waals surface area contributed by atoms with E-state index >= 15 is 0 Å². The Morgan fingerprint density at radius 1 is 1.00 bits per heavy atom. The monoisotopic (exact) mass is 484 g/mol. The lowest BCUT2D eigenvalue weighted by Crippen LogP contribution is -2.59. The lowest BCUT2D eigenvalue weighted by Gasteiger charge is -2.44. The van der Waals surface area contributed by atoms with Gasteiger partial charge in [-0.2, -0.15) is 5.26 Å². The van der Waals surface area contributed by atoms with Crippen LogP contribution in [0.2, 0.25) is 0 Å². The third kappa shape index (κ3) is 5.70. The number of piperazine rings is 1. The molecule has 3 aromatic carbocycles. The topological polar surface area (TPSA) is 92.7 Å². The lowest BCUT2D eigenvalue weighted by atomic mass is 10.0. The summed E-state index contributed by atoms with van der Waals surface area (Å²) in [5, 5.41) is 18.9. The fraction of sp³-hybridized carbons (Fsp3) is 0.286. The van der Waals surface area contributed by atoms with Crippen LogP contribution in [0, 0.1) is 25.3 Å². The number of nitrogens with one attached hydrogen (secondary N) is 3. The normalized spacial score (nSPS) is 16.5. The fourth-order valence-electron chi connectivity index (χ4n) is 4.49. The van der Waals surface area contributed by atoms with E-state index in [-0.39, 0.29) is 12.1 Å². The van der Waals surface area contributed by atoms with Gasteiger partial charge in [-0.15, -0.1) is 0 Å². The Balaban J connectivity index is 1.56. The minimum Gasteiger partial charge on any atom is -0.497 e. The number of hydrogen-bond donors (Lipinski definition) is 3. The maximum atomic E-state index is 13.5. The smallest absolute Gasteiger partial charge is 0.322 e. The number of carbonyl (C=O) groups is 1. The quantitative estimate of drug-likeness (QED) is 0.256. The second kappa shape index (κ2) is 11.5. The fourth-order valence-corrected chi connectivity index (χ4v) is 4.49. The minimum atomic E-state index is -0.406. The summed E-state index contributed by atoms with van der Waals surface area (Å²) >= 11 is 0. The third-order valence-electron chi connectivity index (χ3n) is 6.54. The van der Waals surface area contributed by atoms with E-state index < -0.39 is 6.29 Å². The van der Waals surface area contributed by atoms with Crippen molar-refractivity contribution in [3.05, 3.63) is 89.5 Å². The maximum Gasteiger partial charge on any atom is 0.322 e. The van der Waals surface area contributed by atoms with Crippen LogP contribution in [0.25, 0.3) is 0 Å². The van der Waals surface area contributed by atoms with Crippen molar-refractivity contribution in [2.45, 2.75) is 26.2 Å². The van der Waals surface area contributed by atoms with Crippen molar-refractivity contribution < 1.29 is 9.53 Å². The van der Waals surface area contributed by atoms with Crippen molar-refractivity contribution in [3.8, 4) is 11.9 Å². The molecule has 186 valence electrons. The Morgan fingerprint density at radius 3 is 2.44 bits per heavy atom. The summed E-state index contributed by atoms with van der Waals surface area (Å²) in [4.78, 5) is 17.5. The molecule has 0 aromatic heterocycles. The van der Waals surface area contributed by atoms with E-state index in [0.717, 1.165) is 33.8 Å². The molecule has 1 heterocycles. The van der Waals surface area contributed by atoms with Gasteiger partial charge in [0.05, 0.1) is 13.2 Å². The Kier molecular flexibility index (Phi) is 7.93. The van der Waals surface area contributed by atoms with Crippen LogP contribution >= 0.6 is 0 Å². The van der Waals surface area contributed by atoms with Crippen molar-refractivity contribution >= 4 is 17.4 Å². The number of benzene rings is 3. The summed E-state index contributed by atoms with van der Waals surface area (Å²) in [5.41, 5.74) is 4.76. The molecule has 2 amide bonds. The van der Waals surface area contributed by atoms with Crippen LogP contribution in [-0.2, 0) is 0 Å². The molecule has 2 atom stereocenters. The first-order valence-corrected chi connectivity index (χ1v) is 12.0. The van der Waals surface area contributed by atoms with E-state index in [1.165, 1.54) is 0 Å². The Bertz CT molecular complexity index is 1230. The molecular weight excluding hydrogens is 452 g/mol. The van der Waals surface area contributed by atoms with Crippen LogP contribution in [0.3, 0.4) is 0 Å². The molecule has 0 saturated carbocycles.